The van der Waals surface area contributed by atoms with Crippen LogP contribution in [0.25, 0.3) is 22.2 Å². The molecule has 1 aliphatic rings. The number of nitrogens with zero attached hydrogens (tertiary/aromatic N) is 2. The fraction of sp³-hybridized carbons (Fsp3) is 0.208. The first-order valence-electron chi connectivity index (χ1n) is 10.3. The molecule has 1 unspecified atom stereocenters. The van der Waals surface area contributed by atoms with Crippen molar-refractivity contribution < 1.29 is 21.6 Å². The zero-order valence-corrected chi connectivity index (χ0v) is 18.1. The molecule has 5 rings (SSSR count). The van der Waals surface area contributed by atoms with Crippen molar-refractivity contribution in [3.05, 3.63) is 83.8 Å². The van der Waals surface area contributed by atoms with Gasteiger partial charge in [-0.2, -0.15) is 4.31 Å². The normalized spacial score (nSPS) is 17.3. The largest absolute Gasteiger partial charge is 0.439 e. The van der Waals surface area contributed by atoms with Gasteiger partial charge in [0.2, 0.25) is 15.9 Å². The molecule has 0 spiro atoms. The van der Waals surface area contributed by atoms with Crippen LogP contribution in [0.4, 0.5) is 8.78 Å². The zero-order chi connectivity index (χ0) is 22.5. The Hall–Kier alpha value is -3.10. The van der Waals surface area contributed by atoms with E-state index in [4.69, 9.17) is 4.42 Å². The minimum atomic E-state index is -3.69. The van der Waals surface area contributed by atoms with Crippen LogP contribution in [0.5, 0.6) is 0 Å². The maximum atomic E-state index is 13.6. The van der Waals surface area contributed by atoms with E-state index >= 15 is 0 Å². The molecule has 1 aromatic heterocycles. The van der Waals surface area contributed by atoms with Gasteiger partial charge in [0, 0.05) is 6.54 Å². The Bertz CT molecular complexity index is 1420. The van der Waals surface area contributed by atoms with Crippen molar-refractivity contribution in [3.63, 3.8) is 0 Å². The Labute approximate surface area is 184 Å². The minimum absolute atomic E-state index is 0.242. The Morgan fingerprint density at radius 2 is 1.69 bits per heavy atom. The number of hydrogen-bond acceptors (Lipinski definition) is 4. The van der Waals surface area contributed by atoms with E-state index in [0.717, 1.165) is 17.7 Å². The van der Waals surface area contributed by atoms with Gasteiger partial charge in [-0.15, -0.1) is 0 Å². The lowest BCUT2D eigenvalue weighted by atomic mass is 10.1. The van der Waals surface area contributed by atoms with E-state index in [0.29, 0.717) is 47.5 Å². The van der Waals surface area contributed by atoms with E-state index in [2.05, 4.69) is 4.98 Å². The second-order valence-corrected chi connectivity index (χ2v) is 9.84. The Kier molecular flexibility index (Phi) is 5.06. The van der Waals surface area contributed by atoms with Gasteiger partial charge in [-0.25, -0.2) is 22.2 Å². The van der Waals surface area contributed by atoms with Crippen LogP contribution in [0.3, 0.4) is 0 Å². The van der Waals surface area contributed by atoms with Gasteiger partial charge in [-0.1, -0.05) is 29.8 Å². The van der Waals surface area contributed by atoms with Crippen LogP contribution in [0.2, 0.25) is 0 Å². The van der Waals surface area contributed by atoms with Gasteiger partial charge in [-0.3, -0.25) is 0 Å². The molecule has 3 aromatic carbocycles. The van der Waals surface area contributed by atoms with Crippen LogP contribution in [-0.4, -0.2) is 24.3 Å². The van der Waals surface area contributed by atoms with Crippen LogP contribution >= 0.6 is 0 Å². The number of sulfonamides is 1. The monoisotopic (exact) mass is 454 g/mol. The van der Waals surface area contributed by atoms with Crippen LogP contribution in [0.15, 0.2) is 70.0 Å². The molecule has 0 bridgehead atoms. The number of rotatable bonds is 4. The average Bonchev–Trinajstić information content (AvgIpc) is 3.42. The highest BCUT2D eigenvalue weighted by Crippen LogP contribution is 2.38. The maximum Gasteiger partial charge on any atom is 0.243 e. The van der Waals surface area contributed by atoms with Crippen molar-refractivity contribution >= 4 is 21.1 Å². The highest BCUT2D eigenvalue weighted by molar-refractivity contribution is 7.89. The molecule has 1 aliphatic heterocycles. The third-order valence-electron chi connectivity index (χ3n) is 5.77. The van der Waals surface area contributed by atoms with Crippen LogP contribution in [0.1, 0.15) is 30.3 Å². The molecule has 0 aliphatic carbocycles. The molecule has 5 nitrogen and oxygen atoms in total. The summed E-state index contributed by atoms with van der Waals surface area (Å²) in [6.07, 6.45) is 1.31. The molecule has 4 aromatic rings. The lowest BCUT2D eigenvalue weighted by Crippen LogP contribution is -2.30. The molecule has 1 atom stereocenters. The first kappa shape index (κ1) is 20.8. The molecule has 0 amide bonds. The quantitative estimate of drug-likeness (QED) is 0.402. The summed E-state index contributed by atoms with van der Waals surface area (Å²) in [5.74, 6) is -1.50. The summed E-state index contributed by atoms with van der Waals surface area (Å²) in [6.45, 7) is 2.29. The van der Waals surface area contributed by atoms with Gasteiger partial charge in [0.1, 0.15) is 11.6 Å². The van der Waals surface area contributed by atoms with Crippen LogP contribution in [0, 0.1) is 18.6 Å². The summed E-state index contributed by atoms with van der Waals surface area (Å²) in [6, 6.07) is 15.1. The fourth-order valence-electron chi connectivity index (χ4n) is 4.06. The van der Waals surface area contributed by atoms with Crippen molar-refractivity contribution in [2.45, 2.75) is 30.7 Å². The number of oxazole rings is 1. The highest BCUT2D eigenvalue weighted by Gasteiger charge is 2.39. The van der Waals surface area contributed by atoms with Crippen molar-refractivity contribution in [2.75, 3.05) is 6.54 Å². The van der Waals surface area contributed by atoms with Gasteiger partial charge >= 0.3 is 0 Å². The van der Waals surface area contributed by atoms with E-state index in [1.807, 2.05) is 6.92 Å². The molecule has 2 heterocycles. The van der Waals surface area contributed by atoms with E-state index in [-0.39, 0.29) is 4.90 Å². The predicted octanol–water partition coefficient (Wildman–Crippen LogP) is 5.61. The summed E-state index contributed by atoms with van der Waals surface area (Å²) in [5, 5.41) is 0. The number of benzene rings is 3. The van der Waals surface area contributed by atoms with Gasteiger partial charge in [0.25, 0.3) is 0 Å². The molecule has 1 fully saturated rings. The summed E-state index contributed by atoms with van der Waals surface area (Å²) < 4.78 is 60.7. The van der Waals surface area contributed by atoms with Crippen LogP contribution in [-0.2, 0) is 10.0 Å². The average molecular weight is 454 g/mol. The third kappa shape index (κ3) is 3.59. The zero-order valence-electron chi connectivity index (χ0n) is 17.3. The molecule has 32 heavy (non-hydrogen) atoms. The summed E-state index contributed by atoms with van der Waals surface area (Å²) in [7, 11) is -3.69. The highest BCUT2D eigenvalue weighted by atomic mass is 32.2. The molecule has 0 radical (unpaired) electrons. The lowest BCUT2D eigenvalue weighted by molar-refractivity contribution is 0.337. The van der Waals surface area contributed by atoms with Crippen molar-refractivity contribution in [3.8, 4) is 11.1 Å². The first-order chi connectivity index (χ1) is 15.3. The minimum Gasteiger partial charge on any atom is -0.439 e. The van der Waals surface area contributed by atoms with Gasteiger partial charge in [-0.05, 0) is 67.3 Å². The molecule has 164 valence electrons. The molecule has 8 heteroatoms. The van der Waals surface area contributed by atoms with E-state index in [1.165, 1.54) is 10.4 Å². The summed E-state index contributed by atoms with van der Waals surface area (Å²) in [5.41, 5.74) is 3.19. The topological polar surface area (TPSA) is 63.4 Å². The van der Waals surface area contributed by atoms with Crippen LogP contribution < -0.4 is 0 Å². The van der Waals surface area contributed by atoms with Gasteiger partial charge in [0.15, 0.2) is 17.2 Å². The lowest BCUT2D eigenvalue weighted by Gasteiger charge is -2.21. The Balaban J connectivity index is 1.49. The van der Waals surface area contributed by atoms with Gasteiger partial charge < -0.3 is 4.42 Å². The number of fused-ring (bicyclic) bond motifs is 1. The number of aryl methyl sites for hydroxylation is 1. The van der Waals surface area contributed by atoms with Crippen molar-refractivity contribution in [1.82, 2.24) is 9.29 Å². The van der Waals surface area contributed by atoms with E-state index in [1.54, 1.807) is 42.5 Å². The summed E-state index contributed by atoms with van der Waals surface area (Å²) >= 11 is 0. The number of hydrogen-bond donors (Lipinski definition) is 0. The molecule has 0 N–H and O–H groups in total. The Morgan fingerprint density at radius 3 is 2.44 bits per heavy atom. The van der Waals surface area contributed by atoms with Gasteiger partial charge in [0.05, 0.1) is 4.90 Å². The third-order valence-corrected chi connectivity index (χ3v) is 7.70. The first-order valence-corrected chi connectivity index (χ1v) is 11.7. The van der Waals surface area contributed by atoms with Crippen molar-refractivity contribution in [1.29, 1.82) is 0 Å². The summed E-state index contributed by atoms with van der Waals surface area (Å²) in [4.78, 5) is 4.79. The smallest absolute Gasteiger partial charge is 0.243 e. The maximum absolute atomic E-state index is 13.6. The second-order valence-electron chi connectivity index (χ2n) is 7.95. The molecule has 0 saturated carbocycles. The van der Waals surface area contributed by atoms with E-state index < -0.39 is 27.7 Å². The SMILES string of the molecule is Cc1ccc(S(=O)(=O)N2CCCC2c2nc3cc(-c4ccc(F)c(F)c4)ccc3o2)cc1. The number of aromatic nitrogens is 1. The standard InChI is InChI=1S/C24H20F2N2O3S/c1-15-4-8-18(9-5-15)32(29,30)28-12-2-3-22(28)24-27-21-14-17(7-11-23(21)31-24)16-6-10-19(25)20(26)13-16/h4-11,13-14,22H,2-3,12H2,1H3. The molecular formula is C24H20F2N2O3S. The fourth-order valence-corrected chi connectivity index (χ4v) is 5.71. The van der Waals surface area contributed by atoms with Crippen molar-refractivity contribution in [2.24, 2.45) is 0 Å². The molecule has 1 saturated heterocycles. The van der Waals surface area contributed by atoms with E-state index in [9.17, 15) is 17.2 Å². The molecular weight excluding hydrogens is 434 g/mol. The predicted molar refractivity (Wildman–Crippen MR) is 116 cm³/mol. The second kappa shape index (κ2) is 7.79. The number of halogens is 2. The Morgan fingerprint density at radius 1 is 0.969 bits per heavy atom.